The summed E-state index contributed by atoms with van der Waals surface area (Å²) in [5, 5.41) is 12.6. The van der Waals surface area contributed by atoms with Crippen molar-refractivity contribution in [2.75, 3.05) is 13.7 Å². The average molecular weight is 355 g/mol. The number of nitrogens with two attached hydrogens (primary N) is 1. The molecule has 0 aliphatic carbocycles. The Balaban J connectivity index is 2.46. The first kappa shape index (κ1) is 16.0. The lowest BCUT2D eigenvalue weighted by Gasteiger charge is -2.20. The van der Waals surface area contributed by atoms with Gasteiger partial charge in [-0.3, -0.25) is 10.5 Å². The molecule has 2 heterocycles. The van der Waals surface area contributed by atoms with Gasteiger partial charge in [0, 0.05) is 12.7 Å². The third kappa shape index (κ3) is 3.46. The van der Waals surface area contributed by atoms with Crippen LogP contribution in [0.25, 0.3) is 0 Å². The van der Waals surface area contributed by atoms with E-state index in [1.165, 1.54) is 0 Å². The van der Waals surface area contributed by atoms with Crippen LogP contribution in [-0.4, -0.2) is 33.7 Å². The number of ether oxygens (including phenoxy) is 1. The SMILES string of the molecule is COCCn1ncc(Br)c1C(NN)c1cc(C)nnc1C. The zero-order valence-electron chi connectivity index (χ0n) is 12.3. The van der Waals surface area contributed by atoms with E-state index in [0.29, 0.717) is 13.2 Å². The van der Waals surface area contributed by atoms with Crippen LogP contribution < -0.4 is 11.3 Å². The maximum atomic E-state index is 5.79. The zero-order valence-corrected chi connectivity index (χ0v) is 13.9. The molecule has 0 aliphatic heterocycles. The monoisotopic (exact) mass is 354 g/mol. The van der Waals surface area contributed by atoms with Gasteiger partial charge in [0.15, 0.2) is 0 Å². The van der Waals surface area contributed by atoms with Crippen molar-refractivity contribution >= 4 is 15.9 Å². The number of nitrogens with one attached hydrogen (secondary N) is 1. The molecule has 3 N–H and O–H groups in total. The van der Waals surface area contributed by atoms with Crippen molar-refractivity contribution in [3.8, 4) is 0 Å². The summed E-state index contributed by atoms with van der Waals surface area (Å²) in [7, 11) is 1.66. The van der Waals surface area contributed by atoms with E-state index in [2.05, 4.69) is 36.7 Å². The molecule has 0 radical (unpaired) electrons. The highest BCUT2D eigenvalue weighted by Crippen LogP contribution is 2.29. The Kier molecular flexibility index (Phi) is 5.40. The molecule has 2 rings (SSSR count). The molecule has 0 aliphatic rings. The summed E-state index contributed by atoms with van der Waals surface area (Å²) < 4.78 is 7.87. The molecule has 0 saturated heterocycles. The number of hydrazine groups is 1. The fourth-order valence-corrected chi connectivity index (χ4v) is 2.72. The molecular weight excluding hydrogens is 336 g/mol. The molecule has 1 atom stereocenters. The van der Waals surface area contributed by atoms with Gasteiger partial charge in [-0.05, 0) is 35.8 Å². The maximum Gasteiger partial charge on any atom is 0.0908 e. The average Bonchev–Trinajstić information content (AvgIpc) is 2.83. The minimum absolute atomic E-state index is 0.229. The van der Waals surface area contributed by atoms with Crippen LogP contribution in [0.1, 0.15) is 28.7 Å². The van der Waals surface area contributed by atoms with Crippen LogP contribution in [0.5, 0.6) is 0 Å². The van der Waals surface area contributed by atoms with Gasteiger partial charge in [0.2, 0.25) is 0 Å². The van der Waals surface area contributed by atoms with Crippen molar-refractivity contribution in [1.82, 2.24) is 25.4 Å². The summed E-state index contributed by atoms with van der Waals surface area (Å²) in [5.74, 6) is 5.79. The van der Waals surface area contributed by atoms with Crippen molar-refractivity contribution < 1.29 is 4.74 Å². The van der Waals surface area contributed by atoms with Crippen molar-refractivity contribution in [1.29, 1.82) is 0 Å². The Bertz CT molecular complexity index is 615. The van der Waals surface area contributed by atoms with Gasteiger partial charge in [0.05, 0.1) is 46.9 Å². The second-order valence-electron chi connectivity index (χ2n) is 4.72. The van der Waals surface area contributed by atoms with Crippen LogP contribution in [-0.2, 0) is 11.3 Å². The third-order valence-electron chi connectivity index (χ3n) is 3.23. The molecule has 2 aromatic rings. The molecule has 1 unspecified atom stereocenters. The van der Waals surface area contributed by atoms with Gasteiger partial charge in [-0.15, -0.1) is 0 Å². The zero-order chi connectivity index (χ0) is 15.4. The normalized spacial score (nSPS) is 12.6. The molecule has 0 fully saturated rings. The first-order valence-electron chi connectivity index (χ1n) is 6.55. The van der Waals surface area contributed by atoms with Gasteiger partial charge in [0.25, 0.3) is 0 Å². The van der Waals surface area contributed by atoms with Crippen molar-refractivity contribution in [3.05, 3.63) is 39.4 Å². The van der Waals surface area contributed by atoms with Crippen molar-refractivity contribution in [2.24, 2.45) is 5.84 Å². The lowest BCUT2D eigenvalue weighted by atomic mass is 10.0. The van der Waals surface area contributed by atoms with Crippen LogP contribution in [0, 0.1) is 13.8 Å². The number of nitrogens with zero attached hydrogens (tertiary/aromatic N) is 4. The minimum atomic E-state index is -0.229. The summed E-state index contributed by atoms with van der Waals surface area (Å²) in [4.78, 5) is 0. The fraction of sp³-hybridized carbons (Fsp3) is 0.462. The topological polar surface area (TPSA) is 90.9 Å². The molecule has 0 saturated carbocycles. The predicted octanol–water partition coefficient (Wildman–Crippen LogP) is 1.25. The Hall–Kier alpha value is -1.35. The van der Waals surface area contributed by atoms with Gasteiger partial charge >= 0.3 is 0 Å². The Morgan fingerprint density at radius 3 is 2.86 bits per heavy atom. The Labute approximate surface area is 132 Å². The first-order chi connectivity index (χ1) is 10.1. The molecule has 114 valence electrons. The highest BCUT2D eigenvalue weighted by Gasteiger charge is 2.23. The van der Waals surface area contributed by atoms with Crippen LogP contribution >= 0.6 is 15.9 Å². The van der Waals surface area contributed by atoms with E-state index in [1.807, 2.05) is 24.6 Å². The van der Waals surface area contributed by atoms with Crippen LogP contribution in [0.2, 0.25) is 0 Å². The van der Waals surface area contributed by atoms with Crippen molar-refractivity contribution in [2.45, 2.75) is 26.4 Å². The number of hydrogen-bond acceptors (Lipinski definition) is 6. The highest BCUT2D eigenvalue weighted by atomic mass is 79.9. The van der Waals surface area contributed by atoms with Gasteiger partial charge < -0.3 is 4.74 Å². The van der Waals surface area contributed by atoms with E-state index in [-0.39, 0.29) is 6.04 Å². The summed E-state index contributed by atoms with van der Waals surface area (Å²) in [6.07, 6.45) is 1.76. The Morgan fingerprint density at radius 1 is 1.43 bits per heavy atom. The maximum absolute atomic E-state index is 5.79. The summed E-state index contributed by atoms with van der Waals surface area (Å²) in [6, 6.07) is 1.75. The van der Waals surface area contributed by atoms with Gasteiger partial charge in [-0.2, -0.15) is 15.3 Å². The molecule has 7 nitrogen and oxygen atoms in total. The van der Waals surface area contributed by atoms with Crippen molar-refractivity contribution in [3.63, 3.8) is 0 Å². The van der Waals surface area contributed by atoms with Crippen LogP contribution in [0.15, 0.2) is 16.7 Å². The minimum Gasteiger partial charge on any atom is -0.383 e. The molecule has 21 heavy (non-hydrogen) atoms. The lowest BCUT2D eigenvalue weighted by Crippen LogP contribution is -2.32. The van der Waals surface area contributed by atoms with Crippen LogP contribution in [0.4, 0.5) is 0 Å². The van der Waals surface area contributed by atoms with E-state index >= 15 is 0 Å². The van der Waals surface area contributed by atoms with E-state index in [1.54, 1.807) is 13.3 Å². The van der Waals surface area contributed by atoms with E-state index in [0.717, 1.165) is 27.1 Å². The Morgan fingerprint density at radius 2 is 2.19 bits per heavy atom. The third-order valence-corrected chi connectivity index (χ3v) is 3.84. The van der Waals surface area contributed by atoms with Gasteiger partial charge in [-0.1, -0.05) is 0 Å². The molecule has 8 heteroatoms. The summed E-state index contributed by atoms with van der Waals surface area (Å²) in [5.41, 5.74) is 6.43. The molecule has 0 amide bonds. The number of aromatic nitrogens is 4. The van der Waals surface area contributed by atoms with Gasteiger partial charge in [-0.25, -0.2) is 5.43 Å². The predicted molar refractivity (Wildman–Crippen MR) is 82.5 cm³/mol. The smallest absolute Gasteiger partial charge is 0.0908 e. The molecule has 0 aromatic carbocycles. The second kappa shape index (κ2) is 7.08. The summed E-state index contributed by atoms with van der Waals surface area (Å²) in [6.45, 7) is 5.04. The van der Waals surface area contributed by atoms with E-state index < -0.39 is 0 Å². The van der Waals surface area contributed by atoms with E-state index in [4.69, 9.17) is 10.6 Å². The fourth-order valence-electron chi connectivity index (χ4n) is 2.19. The number of rotatable bonds is 6. The molecular formula is C13H19BrN6O. The van der Waals surface area contributed by atoms with Crippen LogP contribution in [0.3, 0.4) is 0 Å². The number of aryl methyl sites for hydroxylation is 2. The number of halogens is 1. The molecule has 0 bridgehead atoms. The number of methoxy groups -OCH3 is 1. The standard InChI is InChI=1S/C13H19BrN6O/c1-8-6-10(9(2)19-18-8)12(17-15)13-11(14)7-16-20(13)4-5-21-3/h6-7,12,17H,4-5,15H2,1-3H3. The first-order valence-corrected chi connectivity index (χ1v) is 7.34. The molecule has 0 spiro atoms. The quantitative estimate of drug-likeness (QED) is 0.599. The largest absolute Gasteiger partial charge is 0.383 e. The molecule has 2 aromatic heterocycles. The summed E-state index contributed by atoms with van der Waals surface area (Å²) >= 11 is 3.54. The lowest BCUT2D eigenvalue weighted by molar-refractivity contribution is 0.182. The number of hydrogen-bond donors (Lipinski definition) is 2. The van der Waals surface area contributed by atoms with Gasteiger partial charge in [0.1, 0.15) is 0 Å². The van der Waals surface area contributed by atoms with E-state index in [9.17, 15) is 0 Å². The second-order valence-corrected chi connectivity index (χ2v) is 5.57. The highest BCUT2D eigenvalue weighted by molar-refractivity contribution is 9.10.